The van der Waals surface area contributed by atoms with Gasteiger partial charge in [-0.2, -0.15) is 9.61 Å². The Morgan fingerprint density at radius 3 is 2.39 bits per heavy atom. The van der Waals surface area contributed by atoms with Gasteiger partial charge >= 0.3 is 0 Å². The van der Waals surface area contributed by atoms with Crippen molar-refractivity contribution >= 4 is 17.4 Å². The number of amides is 1. The van der Waals surface area contributed by atoms with Gasteiger partial charge in [0.1, 0.15) is 5.82 Å². The number of carbonyl (C=O) groups is 1. The number of rotatable bonds is 5. The quantitative estimate of drug-likeness (QED) is 0.407. The van der Waals surface area contributed by atoms with Crippen molar-refractivity contribution in [3.05, 3.63) is 66.1 Å². The molecular weight excluding hydrogens is 448 g/mol. The Morgan fingerprint density at radius 2 is 1.72 bits per heavy atom. The molecule has 5 heterocycles. The highest BCUT2D eigenvalue weighted by atomic mass is 16.1. The first kappa shape index (κ1) is 21.7. The fourth-order valence-corrected chi connectivity index (χ4v) is 6.21. The van der Waals surface area contributed by atoms with Crippen molar-refractivity contribution in [2.24, 2.45) is 0 Å². The second kappa shape index (κ2) is 8.52. The van der Waals surface area contributed by atoms with Gasteiger partial charge in [0.25, 0.3) is 0 Å². The average Bonchev–Trinajstić information content (AvgIpc) is 3.56. The van der Waals surface area contributed by atoms with Crippen LogP contribution in [0.3, 0.4) is 0 Å². The van der Waals surface area contributed by atoms with Gasteiger partial charge in [-0.25, -0.2) is 4.98 Å². The summed E-state index contributed by atoms with van der Waals surface area (Å²) >= 11 is 0. The minimum Gasteiger partial charge on any atom is -0.311 e. The van der Waals surface area contributed by atoms with E-state index >= 15 is 0 Å². The zero-order valence-electron chi connectivity index (χ0n) is 20.4. The van der Waals surface area contributed by atoms with Crippen molar-refractivity contribution in [1.29, 1.82) is 0 Å². The van der Waals surface area contributed by atoms with Crippen LogP contribution in [0.15, 0.2) is 54.9 Å². The SMILES string of the molecule is CC(=O)Nc1c(C2CC2)c(C2C[C@H]3CC[C@@H](C2)N3)nc2c(-c3ccc(-c4ccccc4)nc3)cnn12. The van der Waals surface area contributed by atoms with E-state index in [-0.39, 0.29) is 5.91 Å². The normalized spacial score (nSPS) is 23.2. The fraction of sp³-hybridized carbons (Fsp3) is 0.379. The van der Waals surface area contributed by atoms with Gasteiger partial charge in [0.05, 0.1) is 17.6 Å². The highest BCUT2D eigenvalue weighted by Gasteiger charge is 2.40. The highest BCUT2D eigenvalue weighted by molar-refractivity contribution is 5.90. The van der Waals surface area contributed by atoms with Crippen molar-refractivity contribution in [2.75, 3.05) is 5.32 Å². The number of anilines is 1. The van der Waals surface area contributed by atoms with E-state index in [1.54, 1.807) is 6.92 Å². The molecule has 1 saturated carbocycles. The standard InChI is InChI=1S/C29H30N6O/c1-17(36)32-29-26(19-7-8-19)27(21-13-22-10-11-23(14-21)33-22)34-28-24(16-31-35(28)29)20-9-12-25(30-15-20)18-5-3-2-4-6-18/h2-6,9,12,15-16,19,21-23,33H,7-8,10-11,13-14H2,1H3,(H,32,36)/t21?,22-,23+. The number of pyridine rings is 1. The summed E-state index contributed by atoms with van der Waals surface area (Å²) in [5.41, 5.74) is 7.10. The summed E-state index contributed by atoms with van der Waals surface area (Å²) in [5.74, 6) is 1.58. The van der Waals surface area contributed by atoms with Gasteiger partial charge < -0.3 is 10.6 Å². The number of fused-ring (bicyclic) bond motifs is 3. The van der Waals surface area contributed by atoms with Crippen LogP contribution in [0, 0.1) is 0 Å². The fourth-order valence-electron chi connectivity index (χ4n) is 6.21. The third kappa shape index (κ3) is 3.78. The van der Waals surface area contributed by atoms with Gasteiger partial charge in [-0.15, -0.1) is 0 Å². The Balaban J connectivity index is 1.36. The van der Waals surface area contributed by atoms with Gasteiger partial charge in [-0.3, -0.25) is 9.78 Å². The predicted octanol–water partition coefficient (Wildman–Crippen LogP) is 5.29. The summed E-state index contributed by atoms with van der Waals surface area (Å²) in [5, 5.41) is 11.6. The molecule has 1 unspecified atom stereocenters. The maximum atomic E-state index is 12.3. The van der Waals surface area contributed by atoms with E-state index in [0.29, 0.717) is 23.9 Å². The largest absolute Gasteiger partial charge is 0.311 e. The van der Waals surface area contributed by atoms with Gasteiger partial charge in [-0.1, -0.05) is 36.4 Å². The van der Waals surface area contributed by atoms with E-state index < -0.39 is 0 Å². The number of hydrogen-bond acceptors (Lipinski definition) is 5. The van der Waals surface area contributed by atoms with Crippen molar-refractivity contribution in [3.8, 4) is 22.4 Å². The van der Waals surface area contributed by atoms with E-state index in [2.05, 4.69) is 28.8 Å². The third-order valence-corrected chi connectivity index (χ3v) is 8.00. The van der Waals surface area contributed by atoms with Crippen LogP contribution in [0.25, 0.3) is 28.0 Å². The maximum Gasteiger partial charge on any atom is 0.222 e. The van der Waals surface area contributed by atoms with Crippen LogP contribution in [-0.4, -0.2) is 37.6 Å². The van der Waals surface area contributed by atoms with E-state index in [4.69, 9.17) is 15.1 Å². The molecule has 36 heavy (non-hydrogen) atoms. The Hall–Kier alpha value is -3.58. The molecule has 2 N–H and O–H groups in total. The predicted molar refractivity (Wildman–Crippen MR) is 140 cm³/mol. The Labute approximate surface area is 210 Å². The Morgan fingerprint density at radius 1 is 0.944 bits per heavy atom. The molecule has 7 heteroatoms. The van der Waals surface area contributed by atoms with Crippen LogP contribution < -0.4 is 10.6 Å². The van der Waals surface area contributed by atoms with Crippen molar-refractivity contribution < 1.29 is 4.79 Å². The molecule has 3 aromatic heterocycles. The monoisotopic (exact) mass is 478 g/mol. The number of hydrogen-bond donors (Lipinski definition) is 2. The summed E-state index contributed by atoms with van der Waals surface area (Å²) in [6.45, 7) is 1.57. The lowest BCUT2D eigenvalue weighted by atomic mass is 9.86. The molecule has 7 rings (SSSR count). The lowest BCUT2D eigenvalue weighted by Gasteiger charge is -2.30. The highest BCUT2D eigenvalue weighted by Crippen LogP contribution is 2.49. The number of piperidine rings is 1. The van der Waals surface area contributed by atoms with E-state index in [9.17, 15) is 4.79 Å². The molecule has 7 nitrogen and oxygen atoms in total. The van der Waals surface area contributed by atoms with Crippen LogP contribution >= 0.6 is 0 Å². The molecule has 3 fully saturated rings. The van der Waals surface area contributed by atoms with E-state index in [1.807, 2.05) is 41.2 Å². The molecule has 0 radical (unpaired) electrons. The van der Waals surface area contributed by atoms with Gasteiger partial charge in [0.15, 0.2) is 5.65 Å². The molecule has 0 spiro atoms. The second-order valence-corrected chi connectivity index (χ2v) is 10.6. The van der Waals surface area contributed by atoms with Crippen LogP contribution in [0.2, 0.25) is 0 Å². The molecule has 1 amide bonds. The number of nitrogens with zero attached hydrogens (tertiary/aromatic N) is 4. The van der Waals surface area contributed by atoms with Crippen LogP contribution in [-0.2, 0) is 4.79 Å². The lowest BCUT2D eigenvalue weighted by Crippen LogP contribution is -2.37. The minimum absolute atomic E-state index is 0.0772. The number of carbonyl (C=O) groups excluding carboxylic acids is 1. The van der Waals surface area contributed by atoms with Gasteiger partial charge in [0.2, 0.25) is 5.91 Å². The first-order valence-electron chi connectivity index (χ1n) is 13.1. The number of nitrogens with one attached hydrogen (secondary N) is 2. The summed E-state index contributed by atoms with van der Waals surface area (Å²) < 4.78 is 1.84. The number of aromatic nitrogens is 4. The summed E-state index contributed by atoms with van der Waals surface area (Å²) in [6, 6.07) is 15.5. The summed E-state index contributed by atoms with van der Waals surface area (Å²) in [6.07, 6.45) is 10.8. The molecular formula is C29H30N6O. The molecule has 2 aliphatic heterocycles. The molecule has 182 valence electrons. The van der Waals surface area contributed by atoms with Crippen LogP contribution in [0.1, 0.15) is 68.5 Å². The number of benzene rings is 1. The molecule has 4 aromatic rings. The van der Waals surface area contributed by atoms with Gasteiger partial charge in [0, 0.05) is 53.4 Å². The second-order valence-electron chi connectivity index (χ2n) is 10.6. The van der Waals surface area contributed by atoms with Crippen molar-refractivity contribution in [3.63, 3.8) is 0 Å². The molecule has 2 bridgehead atoms. The Bertz CT molecular complexity index is 1430. The first-order valence-corrected chi connectivity index (χ1v) is 13.1. The smallest absolute Gasteiger partial charge is 0.222 e. The molecule has 3 aliphatic rings. The first-order chi connectivity index (χ1) is 17.6. The van der Waals surface area contributed by atoms with Crippen LogP contribution in [0.4, 0.5) is 5.82 Å². The average molecular weight is 479 g/mol. The van der Waals surface area contributed by atoms with Gasteiger partial charge in [-0.05, 0) is 50.5 Å². The van der Waals surface area contributed by atoms with E-state index in [0.717, 1.165) is 59.5 Å². The zero-order chi connectivity index (χ0) is 24.2. The Kier molecular flexibility index (Phi) is 5.13. The minimum atomic E-state index is -0.0772. The maximum absolute atomic E-state index is 12.3. The van der Waals surface area contributed by atoms with E-state index in [1.165, 1.54) is 24.1 Å². The zero-order valence-corrected chi connectivity index (χ0v) is 20.4. The third-order valence-electron chi connectivity index (χ3n) is 8.00. The molecule has 1 aliphatic carbocycles. The van der Waals surface area contributed by atoms with Crippen molar-refractivity contribution in [1.82, 2.24) is 24.9 Å². The van der Waals surface area contributed by atoms with Crippen molar-refractivity contribution in [2.45, 2.75) is 69.4 Å². The molecule has 1 aromatic carbocycles. The lowest BCUT2D eigenvalue weighted by molar-refractivity contribution is -0.114. The molecule has 3 atom stereocenters. The molecule has 2 saturated heterocycles. The van der Waals surface area contributed by atoms with Crippen LogP contribution in [0.5, 0.6) is 0 Å². The summed E-state index contributed by atoms with van der Waals surface area (Å²) in [7, 11) is 0. The topological polar surface area (TPSA) is 84.2 Å². The summed E-state index contributed by atoms with van der Waals surface area (Å²) in [4.78, 5) is 22.4.